The van der Waals surface area contributed by atoms with Gasteiger partial charge in [-0.1, -0.05) is 18.9 Å². The summed E-state index contributed by atoms with van der Waals surface area (Å²) in [5.41, 5.74) is 5.67. The Labute approximate surface area is 182 Å². The van der Waals surface area contributed by atoms with Crippen molar-refractivity contribution in [3.63, 3.8) is 0 Å². The number of nitriles is 1. The number of nitrogens with one attached hydrogen (secondary N) is 4. The monoisotopic (exact) mass is 422 g/mol. The van der Waals surface area contributed by atoms with Gasteiger partial charge in [0.15, 0.2) is 0 Å². The van der Waals surface area contributed by atoms with Crippen molar-refractivity contribution in [2.24, 2.45) is 11.8 Å². The molecule has 5 atom stereocenters. The van der Waals surface area contributed by atoms with Crippen LogP contribution >= 0.6 is 0 Å². The van der Waals surface area contributed by atoms with Crippen LogP contribution in [0.3, 0.4) is 0 Å². The molecule has 5 rings (SSSR count). The fourth-order valence-electron chi connectivity index (χ4n) is 5.76. The lowest BCUT2D eigenvalue weighted by Gasteiger charge is -2.39. The molecule has 3 fully saturated rings. The maximum Gasteiger partial charge on any atom is 0.234 e. The highest BCUT2D eigenvalue weighted by molar-refractivity contribution is 6.06. The van der Waals surface area contributed by atoms with Crippen LogP contribution in [0.2, 0.25) is 0 Å². The van der Waals surface area contributed by atoms with Gasteiger partial charge in [0.25, 0.3) is 0 Å². The van der Waals surface area contributed by atoms with Crippen LogP contribution in [-0.4, -0.2) is 41.6 Å². The molecular weight excluding hydrogens is 392 g/mol. The number of rotatable bonds is 3. The molecule has 0 radical (unpaired) electrons. The van der Waals surface area contributed by atoms with E-state index in [4.69, 9.17) is 0 Å². The van der Waals surface area contributed by atoms with E-state index in [-0.39, 0.29) is 41.9 Å². The largest absolute Gasteiger partial charge is 0.368 e. The van der Waals surface area contributed by atoms with E-state index >= 15 is 0 Å². The van der Waals surface area contributed by atoms with Crippen molar-refractivity contribution in [3.8, 4) is 6.07 Å². The SMILES string of the molecule is CC1(C)C(=O)Nc2cc(NC3NN(C4CCCC[C@@H]4C#N)C4CCNC(=O)C34)ccc21. The van der Waals surface area contributed by atoms with Crippen LogP contribution in [0.5, 0.6) is 0 Å². The number of piperidine rings is 1. The molecule has 3 heterocycles. The van der Waals surface area contributed by atoms with Gasteiger partial charge in [-0.3, -0.25) is 9.59 Å². The zero-order valence-corrected chi connectivity index (χ0v) is 18.1. The average Bonchev–Trinajstić information content (AvgIpc) is 3.23. The maximum absolute atomic E-state index is 12.8. The summed E-state index contributed by atoms with van der Waals surface area (Å²) in [5.74, 6) is -0.211. The number of amides is 2. The predicted molar refractivity (Wildman–Crippen MR) is 117 cm³/mol. The number of carbonyl (C=O) groups is 2. The fourth-order valence-corrected chi connectivity index (χ4v) is 5.76. The molecule has 1 aromatic rings. The summed E-state index contributed by atoms with van der Waals surface area (Å²) in [4.78, 5) is 25.1. The van der Waals surface area contributed by atoms with Crippen molar-refractivity contribution >= 4 is 23.2 Å². The first-order valence-electron chi connectivity index (χ1n) is 11.3. The molecule has 4 aliphatic rings. The number of nitrogens with zero attached hydrogens (tertiary/aromatic N) is 2. The van der Waals surface area contributed by atoms with E-state index in [1.807, 2.05) is 32.0 Å². The topological polar surface area (TPSA) is 109 Å². The number of hydrogen-bond acceptors (Lipinski definition) is 6. The highest BCUT2D eigenvalue weighted by Gasteiger charge is 2.51. The molecule has 0 aromatic heterocycles. The molecule has 3 aliphatic heterocycles. The second kappa shape index (κ2) is 7.50. The predicted octanol–water partition coefficient (Wildman–Crippen LogP) is 2.06. The van der Waals surface area contributed by atoms with Crippen LogP contribution in [0.4, 0.5) is 11.4 Å². The van der Waals surface area contributed by atoms with E-state index in [9.17, 15) is 14.9 Å². The lowest BCUT2D eigenvalue weighted by Crippen LogP contribution is -2.54. The van der Waals surface area contributed by atoms with Gasteiger partial charge in [0.05, 0.1) is 23.3 Å². The Morgan fingerprint density at radius 1 is 1.16 bits per heavy atom. The van der Waals surface area contributed by atoms with Gasteiger partial charge in [-0.25, -0.2) is 10.4 Å². The second-order valence-corrected chi connectivity index (χ2v) is 9.76. The number of anilines is 2. The molecule has 8 nitrogen and oxygen atoms in total. The summed E-state index contributed by atoms with van der Waals surface area (Å²) in [5, 5.41) is 21.4. The second-order valence-electron chi connectivity index (χ2n) is 9.76. The van der Waals surface area contributed by atoms with E-state index in [0.29, 0.717) is 6.54 Å². The van der Waals surface area contributed by atoms with E-state index in [0.717, 1.165) is 49.0 Å². The quantitative estimate of drug-likeness (QED) is 0.594. The summed E-state index contributed by atoms with van der Waals surface area (Å²) in [6, 6.07) is 8.59. The Bertz CT molecular complexity index is 954. The summed E-state index contributed by atoms with van der Waals surface area (Å²) in [6.07, 6.45) is 4.70. The van der Waals surface area contributed by atoms with Crippen molar-refractivity contribution in [1.82, 2.24) is 15.8 Å². The Hall–Kier alpha value is -2.63. The van der Waals surface area contributed by atoms with Crippen molar-refractivity contribution in [2.45, 2.75) is 69.6 Å². The third-order valence-corrected chi connectivity index (χ3v) is 7.54. The number of benzene rings is 1. The zero-order valence-electron chi connectivity index (χ0n) is 18.1. The summed E-state index contributed by atoms with van der Waals surface area (Å²) < 4.78 is 0. The van der Waals surface area contributed by atoms with Crippen LogP contribution in [0, 0.1) is 23.2 Å². The first-order chi connectivity index (χ1) is 14.9. The molecule has 4 N–H and O–H groups in total. The molecule has 1 saturated carbocycles. The molecular formula is C23H30N6O2. The van der Waals surface area contributed by atoms with Crippen LogP contribution in [0.1, 0.15) is 51.5 Å². The van der Waals surface area contributed by atoms with Gasteiger partial charge in [-0.05, 0) is 50.8 Å². The third kappa shape index (κ3) is 3.27. The first-order valence-corrected chi connectivity index (χ1v) is 11.3. The van der Waals surface area contributed by atoms with Gasteiger partial charge in [0.2, 0.25) is 11.8 Å². The molecule has 2 saturated heterocycles. The standard InChI is InChI=1S/C23H30N6O2/c1-23(2)15-8-7-14(11-16(15)27-22(23)31)26-20-19-18(9-10-25-21(19)30)29(28-20)17-6-4-3-5-13(17)12-24/h7-8,11,13,17-20,26,28H,3-6,9-10H2,1-2H3,(H,25,30)(H,27,31)/t13-,17?,18?,19?,20?/m1/s1. The highest BCUT2D eigenvalue weighted by atomic mass is 16.2. The Morgan fingerprint density at radius 3 is 2.77 bits per heavy atom. The molecule has 31 heavy (non-hydrogen) atoms. The maximum atomic E-state index is 12.8. The number of hydrogen-bond donors (Lipinski definition) is 4. The fraction of sp³-hybridized carbons (Fsp3) is 0.609. The molecule has 1 aromatic carbocycles. The van der Waals surface area contributed by atoms with Crippen LogP contribution in [0.15, 0.2) is 18.2 Å². The van der Waals surface area contributed by atoms with Gasteiger partial charge in [-0.2, -0.15) is 5.26 Å². The number of carbonyl (C=O) groups excluding carboxylic acids is 2. The van der Waals surface area contributed by atoms with Crippen molar-refractivity contribution in [3.05, 3.63) is 23.8 Å². The molecule has 8 heteroatoms. The van der Waals surface area contributed by atoms with Gasteiger partial charge in [0.1, 0.15) is 6.17 Å². The highest BCUT2D eigenvalue weighted by Crippen LogP contribution is 2.40. The number of hydrazine groups is 1. The van der Waals surface area contributed by atoms with Crippen LogP contribution in [-0.2, 0) is 15.0 Å². The minimum Gasteiger partial charge on any atom is -0.368 e. The minimum absolute atomic E-state index is 0.00335. The average molecular weight is 423 g/mol. The van der Waals surface area contributed by atoms with Gasteiger partial charge in [-0.15, -0.1) is 0 Å². The summed E-state index contributed by atoms with van der Waals surface area (Å²) in [7, 11) is 0. The minimum atomic E-state index is -0.544. The van der Waals surface area contributed by atoms with Crippen molar-refractivity contribution in [2.75, 3.05) is 17.2 Å². The Morgan fingerprint density at radius 2 is 1.97 bits per heavy atom. The van der Waals surface area contributed by atoms with Gasteiger partial charge in [0, 0.05) is 30.0 Å². The number of fused-ring (bicyclic) bond motifs is 2. The normalized spacial score (nSPS) is 34.3. The molecule has 4 unspecified atom stereocenters. The lowest BCUT2D eigenvalue weighted by molar-refractivity contribution is -0.128. The zero-order chi connectivity index (χ0) is 21.8. The van der Waals surface area contributed by atoms with Gasteiger partial charge >= 0.3 is 0 Å². The van der Waals surface area contributed by atoms with Crippen LogP contribution < -0.4 is 21.4 Å². The lowest BCUT2D eigenvalue weighted by atomic mass is 9.83. The Kier molecular flexibility index (Phi) is 4.91. The van der Waals surface area contributed by atoms with Crippen molar-refractivity contribution in [1.29, 1.82) is 5.26 Å². The van der Waals surface area contributed by atoms with Crippen LogP contribution in [0.25, 0.3) is 0 Å². The Balaban J connectivity index is 1.40. The van der Waals surface area contributed by atoms with E-state index < -0.39 is 5.41 Å². The summed E-state index contributed by atoms with van der Waals surface area (Å²) >= 11 is 0. The van der Waals surface area contributed by atoms with E-state index in [1.54, 1.807) is 0 Å². The molecule has 0 bridgehead atoms. The van der Waals surface area contributed by atoms with Crippen molar-refractivity contribution < 1.29 is 9.59 Å². The molecule has 0 spiro atoms. The third-order valence-electron chi connectivity index (χ3n) is 7.54. The van der Waals surface area contributed by atoms with E-state index in [1.165, 1.54) is 0 Å². The van der Waals surface area contributed by atoms with Gasteiger partial charge < -0.3 is 16.0 Å². The summed E-state index contributed by atoms with van der Waals surface area (Å²) in [6.45, 7) is 4.50. The molecule has 164 valence electrons. The smallest absolute Gasteiger partial charge is 0.234 e. The first kappa shape index (κ1) is 20.3. The van der Waals surface area contributed by atoms with E-state index in [2.05, 4.69) is 32.5 Å². The molecule has 1 aliphatic carbocycles. The molecule has 2 amide bonds.